The van der Waals surface area contributed by atoms with E-state index in [1.54, 1.807) is 0 Å². The van der Waals surface area contributed by atoms with Gasteiger partial charge in [-0.15, -0.1) is 0 Å². The molecule has 0 aliphatic carbocycles. The van der Waals surface area contributed by atoms with Crippen LogP contribution in [0.4, 0.5) is 0 Å². The van der Waals surface area contributed by atoms with Crippen molar-refractivity contribution in [1.82, 2.24) is 0 Å². The van der Waals surface area contributed by atoms with Crippen molar-refractivity contribution in [2.75, 3.05) is 6.54 Å². The molecule has 0 unspecified atom stereocenters. The highest BCUT2D eigenvalue weighted by atomic mass is 14.7. The number of rotatable bonds is 8. The number of hydrogen-bond acceptors (Lipinski definition) is 3. The summed E-state index contributed by atoms with van der Waals surface area (Å²) < 4.78 is 0. The number of nitrogens with two attached hydrogens (primary N) is 2. The highest BCUT2D eigenvalue weighted by molar-refractivity contribution is 6.36. The summed E-state index contributed by atoms with van der Waals surface area (Å²) in [5, 5.41) is 0. The number of aliphatic imine (C=N–C) groups is 1. The van der Waals surface area contributed by atoms with E-state index in [1.165, 1.54) is 5.56 Å². The summed E-state index contributed by atoms with van der Waals surface area (Å²) in [5.41, 5.74) is 22.0. The van der Waals surface area contributed by atoms with Crippen LogP contribution in [0.1, 0.15) is 27.8 Å². The van der Waals surface area contributed by atoms with Crippen molar-refractivity contribution >= 4 is 22.6 Å². The summed E-state index contributed by atoms with van der Waals surface area (Å²) in [5.74, 6) is 0. The molecule has 4 rings (SSSR count). The fraction of sp³-hybridized carbons (Fsp3) is 0.0938. The Morgan fingerprint density at radius 2 is 1.26 bits per heavy atom. The largest absolute Gasteiger partial charge is 0.398 e. The summed E-state index contributed by atoms with van der Waals surface area (Å²) in [6, 6.07) is 38.9. The Morgan fingerprint density at radius 1 is 0.714 bits per heavy atom. The zero-order valence-corrected chi connectivity index (χ0v) is 20.1. The van der Waals surface area contributed by atoms with Crippen LogP contribution in [0.2, 0.25) is 0 Å². The van der Waals surface area contributed by atoms with Crippen LogP contribution in [-0.2, 0) is 6.54 Å². The Morgan fingerprint density at radius 3 is 1.86 bits per heavy atom. The first-order valence-corrected chi connectivity index (χ1v) is 11.8. The monoisotopic (exact) mass is 457 g/mol. The SMILES string of the molecule is Cc1ccccc1/C(CN)=C(/C(/C=C(\N)c1ccccc1)=NCc1ccccc1)c1ccccc1. The maximum atomic E-state index is 6.62. The van der Waals surface area contributed by atoms with E-state index in [4.69, 9.17) is 16.5 Å². The zero-order valence-electron chi connectivity index (χ0n) is 20.1. The van der Waals surface area contributed by atoms with E-state index in [-0.39, 0.29) is 0 Å². The Kier molecular flexibility index (Phi) is 8.05. The van der Waals surface area contributed by atoms with Crippen LogP contribution in [0.25, 0.3) is 16.8 Å². The standard InChI is InChI=1S/C32H31N3/c1-24-13-11-12-20-28(24)29(22-33)32(27-18-9-4-10-19-27)31(35-23-25-14-5-2-6-15-25)21-30(34)26-16-7-3-8-17-26/h2-21H,22-23,33-34H2,1H3/b30-21-,32-29+,35-31?. The van der Waals surface area contributed by atoms with Gasteiger partial charge in [0.05, 0.1) is 12.3 Å². The first kappa shape index (κ1) is 23.9. The summed E-state index contributed by atoms with van der Waals surface area (Å²) in [4.78, 5) is 5.11. The van der Waals surface area contributed by atoms with Gasteiger partial charge in [0.2, 0.25) is 0 Å². The summed E-state index contributed by atoms with van der Waals surface area (Å²) in [7, 11) is 0. The highest BCUT2D eigenvalue weighted by Crippen LogP contribution is 2.30. The lowest BCUT2D eigenvalue weighted by atomic mass is 9.88. The molecule has 0 saturated heterocycles. The lowest BCUT2D eigenvalue weighted by Gasteiger charge is -2.18. The fourth-order valence-electron chi connectivity index (χ4n) is 4.16. The quantitative estimate of drug-likeness (QED) is 0.234. The Labute approximate surface area is 208 Å². The minimum atomic E-state index is 0.374. The molecular weight excluding hydrogens is 426 g/mol. The van der Waals surface area contributed by atoms with Gasteiger partial charge in [-0.05, 0) is 46.4 Å². The van der Waals surface area contributed by atoms with Crippen molar-refractivity contribution in [2.24, 2.45) is 16.5 Å². The topological polar surface area (TPSA) is 64.4 Å². The van der Waals surface area contributed by atoms with E-state index in [9.17, 15) is 0 Å². The number of hydrogen-bond donors (Lipinski definition) is 2. The third-order valence-electron chi connectivity index (χ3n) is 5.97. The molecule has 35 heavy (non-hydrogen) atoms. The minimum absolute atomic E-state index is 0.374. The van der Waals surface area contributed by atoms with E-state index in [2.05, 4.69) is 49.4 Å². The predicted octanol–water partition coefficient (Wildman–Crippen LogP) is 6.51. The molecule has 0 fully saturated rings. The van der Waals surface area contributed by atoms with Gasteiger partial charge in [0, 0.05) is 17.8 Å². The van der Waals surface area contributed by atoms with Gasteiger partial charge in [0.1, 0.15) is 0 Å². The first-order chi connectivity index (χ1) is 17.2. The van der Waals surface area contributed by atoms with Gasteiger partial charge in [-0.25, -0.2) is 0 Å². The van der Waals surface area contributed by atoms with Crippen LogP contribution in [0, 0.1) is 6.92 Å². The number of allylic oxidation sites excluding steroid dienone is 2. The molecule has 174 valence electrons. The van der Waals surface area contributed by atoms with Crippen molar-refractivity contribution in [3.05, 3.63) is 149 Å². The van der Waals surface area contributed by atoms with E-state index in [0.29, 0.717) is 18.8 Å². The molecule has 0 aliphatic rings. The second kappa shape index (κ2) is 11.8. The molecule has 0 amide bonds. The lowest BCUT2D eigenvalue weighted by molar-refractivity contribution is 1.07. The van der Waals surface area contributed by atoms with Crippen molar-refractivity contribution < 1.29 is 0 Å². The molecule has 3 nitrogen and oxygen atoms in total. The van der Waals surface area contributed by atoms with E-state index in [1.807, 2.05) is 78.9 Å². The average Bonchev–Trinajstić information content (AvgIpc) is 2.92. The van der Waals surface area contributed by atoms with Crippen LogP contribution >= 0.6 is 0 Å². The number of benzene rings is 4. The molecule has 0 aromatic heterocycles. The molecule has 4 N–H and O–H groups in total. The van der Waals surface area contributed by atoms with Gasteiger partial charge < -0.3 is 11.5 Å². The molecule has 0 aliphatic heterocycles. The minimum Gasteiger partial charge on any atom is -0.398 e. The van der Waals surface area contributed by atoms with E-state index >= 15 is 0 Å². The third-order valence-corrected chi connectivity index (χ3v) is 5.97. The molecule has 0 heterocycles. The molecule has 0 saturated carbocycles. The number of aryl methyl sites for hydroxylation is 1. The van der Waals surface area contributed by atoms with Crippen LogP contribution in [0.15, 0.2) is 126 Å². The molecule has 0 atom stereocenters. The van der Waals surface area contributed by atoms with Crippen molar-refractivity contribution in [3.8, 4) is 0 Å². The lowest BCUT2D eigenvalue weighted by Crippen LogP contribution is -2.13. The van der Waals surface area contributed by atoms with Gasteiger partial charge in [-0.2, -0.15) is 0 Å². The van der Waals surface area contributed by atoms with Gasteiger partial charge in [-0.3, -0.25) is 4.99 Å². The first-order valence-electron chi connectivity index (χ1n) is 11.8. The van der Waals surface area contributed by atoms with E-state index in [0.717, 1.165) is 39.1 Å². The molecule has 3 heteroatoms. The fourth-order valence-corrected chi connectivity index (χ4v) is 4.16. The molecule has 4 aromatic carbocycles. The van der Waals surface area contributed by atoms with Crippen LogP contribution < -0.4 is 11.5 Å². The van der Waals surface area contributed by atoms with Gasteiger partial charge in [0.15, 0.2) is 0 Å². The van der Waals surface area contributed by atoms with Gasteiger partial charge in [-0.1, -0.05) is 115 Å². The second-order valence-electron chi connectivity index (χ2n) is 8.39. The Bertz CT molecular complexity index is 1340. The zero-order chi connectivity index (χ0) is 24.5. The Hall–Kier alpha value is -4.21. The van der Waals surface area contributed by atoms with Crippen molar-refractivity contribution in [3.63, 3.8) is 0 Å². The molecule has 4 aromatic rings. The maximum Gasteiger partial charge on any atom is 0.0680 e. The molecule has 0 radical (unpaired) electrons. The molecule has 0 bridgehead atoms. The molecule has 0 spiro atoms. The number of nitrogens with zero attached hydrogens (tertiary/aromatic N) is 1. The van der Waals surface area contributed by atoms with Crippen LogP contribution in [0.5, 0.6) is 0 Å². The molecular formula is C32H31N3. The third kappa shape index (κ3) is 6.03. The smallest absolute Gasteiger partial charge is 0.0680 e. The summed E-state index contributed by atoms with van der Waals surface area (Å²) >= 11 is 0. The normalized spacial score (nSPS) is 12.9. The van der Waals surface area contributed by atoms with Crippen LogP contribution in [0.3, 0.4) is 0 Å². The second-order valence-corrected chi connectivity index (χ2v) is 8.39. The Balaban J connectivity index is 1.96. The van der Waals surface area contributed by atoms with Crippen molar-refractivity contribution in [1.29, 1.82) is 0 Å². The van der Waals surface area contributed by atoms with Crippen LogP contribution in [-0.4, -0.2) is 12.3 Å². The van der Waals surface area contributed by atoms with Gasteiger partial charge in [0.25, 0.3) is 0 Å². The predicted molar refractivity (Wildman–Crippen MR) is 150 cm³/mol. The highest BCUT2D eigenvalue weighted by Gasteiger charge is 2.17. The summed E-state index contributed by atoms with van der Waals surface area (Å²) in [6.07, 6.45) is 1.98. The maximum absolute atomic E-state index is 6.62. The van der Waals surface area contributed by atoms with Crippen molar-refractivity contribution in [2.45, 2.75) is 13.5 Å². The summed E-state index contributed by atoms with van der Waals surface area (Å²) in [6.45, 7) is 3.03. The van der Waals surface area contributed by atoms with E-state index < -0.39 is 0 Å². The van der Waals surface area contributed by atoms with Gasteiger partial charge >= 0.3 is 0 Å². The average molecular weight is 458 g/mol.